The fraction of sp³-hybridized carbons (Fsp3) is 0.500. The van der Waals surface area contributed by atoms with E-state index in [0.29, 0.717) is 6.79 Å². The summed E-state index contributed by atoms with van der Waals surface area (Å²) in [6.07, 6.45) is 0. The number of rotatable bonds is 2. The predicted molar refractivity (Wildman–Crippen MR) is 64.2 cm³/mol. The van der Waals surface area contributed by atoms with Gasteiger partial charge in [0, 0.05) is 0 Å². The molecule has 3 heteroatoms. The van der Waals surface area contributed by atoms with E-state index < -0.39 is 0 Å². The monoisotopic (exact) mass is 224 g/mol. The van der Waals surface area contributed by atoms with E-state index in [1.165, 1.54) is 11.1 Å². The van der Waals surface area contributed by atoms with Gasteiger partial charge in [-0.1, -0.05) is 13.8 Å². The van der Waals surface area contributed by atoms with Crippen LogP contribution in [0.1, 0.15) is 25.0 Å². The number of fused-ring (bicyclic) bond motifs is 1. The molecule has 0 radical (unpaired) electrons. The Hall–Kier alpha value is -0.830. The van der Waals surface area contributed by atoms with Gasteiger partial charge in [0.25, 0.3) is 0 Å². The van der Waals surface area contributed by atoms with Crippen molar-refractivity contribution in [2.24, 2.45) is 0 Å². The zero-order chi connectivity index (χ0) is 11.1. The molecule has 0 aromatic heterocycles. The number of hydrogen-bond donors (Lipinski definition) is 1. The highest BCUT2D eigenvalue weighted by molar-refractivity contribution is 7.80. The number of ether oxygens (including phenoxy) is 2. The van der Waals surface area contributed by atoms with E-state index in [2.05, 4.69) is 39.5 Å². The first-order valence-corrected chi connectivity index (χ1v) is 5.69. The summed E-state index contributed by atoms with van der Waals surface area (Å²) in [5.74, 6) is 2.52. The molecule has 0 N–H and O–H groups in total. The van der Waals surface area contributed by atoms with Gasteiger partial charge >= 0.3 is 0 Å². The summed E-state index contributed by atoms with van der Waals surface area (Å²) >= 11 is 4.39. The first kappa shape index (κ1) is 10.7. The van der Waals surface area contributed by atoms with Crippen LogP contribution in [0.5, 0.6) is 11.5 Å². The van der Waals surface area contributed by atoms with Crippen LogP contribution < -0.4 is 9.47 Å². The van der Waals surface area contributed by atoms with Crippen LogP contribution in [-0.2, 0) is 5.41 Å². The molecule has 0 spiro atoms. The molecule has 1 aliphatic heterocycles. The van der Waals surface area contributed by atoms with E-state index in [9.17, 15) is 0 Å². The van der Waals surface area contributed by atoms with E-state index >= 15 is 0 Å². The maximum atomic E-state index is 5.39. The topological polar surface area (TPSA) is 18.5 Å². The molecule has 0 bridgehead atoms. The van der Waals surface area contributed by atoms with Crippen LogP contribution >= 0.6 is 12.6 Å². The third-order valence-corrected chi connectivity index (χ3v) is 3.63. The van der Waals surface area contributed by atoms with Crippen LogP contribution in [0.4, 0.5) is 0 Å². The molecular formula is C12H16O2S. The Morgan fingerprint density at radius 1 is 1.27 bits per heavy atom. The predicted octanol–water partition coefficient (Wildman–Crippen LogP) is 2.93. The first-order valence-electron chi connectivity index (χ1n) is 5.06. The van der Waals surface area contributed by atoms with Gasteiger partial charge in [-0.05, 0) is 41.4 Å². The summed E-state index contributed by atoms with van der Waals surface area (Å²) < 4.78 is 10.7. The molecule has 0 aliphatic carbocycles. The van der Waals surface area contributed by atoms with Crippen molar-refractivity contribution in [1.82, 2.24) is 0 Å². The van der Waals surface area contributed by atoms with Crippen LogP contribution in [-0.4, -0.2) is 12.5 Å². The summed E-state index contributed by atoms with van der Waals surface area (Å²) in [7, 11) is 0. The van der Waals surface area contributed by atoms with Crippen molar-refractivity contribution in [3.63, 3.8) is 0 Å². The maximum Gasteiger partial charge on any atom is 0.231 e. The number of thiol groups is 1. The molecular weight excluding hydrogens is 208 g/mol. The minimum atomic E-state index is 0.0637. The molecule has 0 fully saturated rings. The van der Waals surface area contributed by atoms with Crippen LogP contribution in [0.3, 0.4) is 0 Å². The van der Waals surface area contributed by atoms with Crippen molar-refractivity contribution in [1.29, 1.82) is 0 Å². The molecule has 2 rings (SSSR count). The SMILES string of the molecule is Cc1cc2c(cc1C(C)(C)CS)OCO2. The molecule has 2 nitrogen and oxygen atoms in total. The molecule has 0 saturated heterocycles. The minimum absolute atomic E-state index is 0.0637. The summed E-state index contributed by atoms with van der Waals surface area (Å²) in [6, 6.07) is 4.12. The van der Waals surface area contributed by atoms with Crippen molar-refractivity contribution in [3.05, 3.63) is 23.3 Å². The standard InChI is InChI=1S/C12H16O2S/c1-8-4-10-11(14-7-13-10)5-9(8)12(2,3)6-15/h4-5,15H,6-7H2,1-3H3. The van der Waals surface area contributed by atoms with E-state index in [0.717, 1.165) is 17.3 Å². The third kappa shape index (κ3) is 1.81. The molecule has 1 aromatic carbocycles. The lowest BCUT2D eigenvalue weighted by Crippen LogP contribution is -2.20. The number of benzene rings is 1. The van der Waals surface area contributed by atoms with E-state index in [1.54, 1.807) is 0 Å². The van der Waals surface area contributed by atoms with Crippen molar-refractivity contribution < 1.29 is 9.47 Å². The Morgan fingerprint density at radius 3 is 2.47 bits per heavy atom. The van der Waals surface area contributed by atoms with E-state index in [-0.39, 0.29) is 5.41 Å². The highest BCUT2D eigenvalue weighted by Gasteiger charge is 2.24. The summed E-state index contributed by atoms with van der Waals surface area (Å²) in [5, 5.41) is 0. The van der Waals surface area contributed by atoms with Gasteiger partial charge in [-0.2, -0.15) is 12.6 Å². The zero-order valence-electron chi connectivity index (χ0n) is 9.33. The normalized spacial score (nSPS) is 14.4. The number of aryl methyl sites for hydroxylation is 1. The van der Waals surface area contributed by atoms with Gasteiger partial charge in [0.1, 0.15) is 0 Å². The Labute approximate surface area is 96.0 Å². The average molecular weight is 224 g/mol. The Bertz CT molecular complexity index is 385. The van der Waals surface area contributed by atoms with Gasteiger partial charge in [-0.25, -0.2) is 0 Å². The molecule has 15 heavy (non-hydrogen) atoms. The second kappa shape index (κ2) is 3.63. The van der Waals surface area contributed by atoms with Crippen molar-refractivity contribution in [2.45, 2.75) is 26.2 Å². The van der Waals surface area contributed by atoms with Crippen molar-refractivity contribution in [2.75, 3.05) is 12.5 Å². The lowest BCUT2D eigenvalue weighted by molar-refractivity contribution is 0.174. The second-order valence-electron chi connectivity index (χ2n) is 4.56. The van der Waals surface area contributed by atoms with Crippen LogP contribution in [0, 0.1) is 6.92 Å². The third-order valence-electron chi connectivity index (χ3n) is 2.84. The highest BCUT2D eigenvalue weighted by atomic mass is 32.1. The molecule has 0 amide bonds. The van der Waals surface area contributed by atoms with Gasteiger partial charge < -0.3 is 9.47 Å². The zero-order valence-corrected chi connectivity index (χ0v) is 10.2. The molecule has 1 heterocycles. The molecule has 1 aliphatic rings. The van der Waals surface area contributed by atoms with E-state index in [4.69, 9.17) is 9.47 Å². The Balaban J connectivity index is 2.49. The lowest BCUT2D eigenvalue weighted by atomic mass is 9.83. The molecule has 0 saturated carbocycles. The average Bonchev–Trinajstić information content (AvgIpc) is 2.63. The van der Waals surface area contributed by atoms with E-state index in [1.807, 2.05) is 6.07 Å². The van der Waals surface area contributed by atoms with Gasteiger partial charge in [-0.15, -0.1) is 0 Å². The lowest BCUT2D eigenvalue weighted by Gasteiger charge is -2.25. The van der Waals surface area contributed by atoms with Gasteiger partial charge in [0.2, 0.25) is 6.79 Å². The van der Waals surface area contributed by atoms with Crippen LogP contribution in [0.15, 0.2) is 12.1 Å². The fourth-order valence-corrected chi connectivity index (χ4v) is 2.03. The first-order chi connectivity index (χ1) is 7.04. The van der Waals surface area contributed by atoms with Crippen molar-refractivity contribution >= 4 is 12.6 Å². The van der Waals surface area contributed by atoms with Gasteiger partial charge in [0.15, 0.2) is 11.5 Å². The molecule has 0 atom stereocenters. The van der Waals surface area contributed by atoms with Gasteiger partial charge in [-0.3, -0.25) is 0 Å². The fourth-order valence-electron chi connectivity index (χ4n) is 1.86. The second-order valence-corrected chi connectivity index (χ2v) is 4.88. The number of hydrogen-bond acceptors (Lipinski definition) is 3. The smallest absolute Gasteiger partial charge is 0.231 e. The van der Waals surface area contributed by atoms with Crippen LogP contribution in [0.25, 0.3) is 0 Å². The van der Waals surface area contributed by atoms with Crippen molar-refractivity contribution in [3.8, 4) is 11.5 Å². The maximum absolute atomic E-state index is 5.39. The minimum Gasteiger partial charge on any atom is -0.454 e. The molecule has 82 valence electrons. The Morgan fingerprint density at radius 2 is 1.87 bits per heavy atom. The largest absolute Gasteiger partial charge is 0.454 e. The molecule has 1 aromatic rings. The Kier molecular flexibility index (Phi) is 2.59. The van der Waals surface area contributed by atoms with Crippen LogP contribution in [0.2, 0.25) is 0 Å². The van der Waals surface area contributed by atoms with Gasteiger partial charge in [0.05, 0.1) is 0 Å². The highest BCUT2D eigenvalue weighted by Crippen LogP contribution is 2.39. The quantitative estimate of drug-likeness (QED) is 0.779. The summed E-state index contributed by atoms with van der Waals surface area (Å²) in [5.41, 5.74) is 2.58. The molecule has 0 unspecified atom stereocenters. The summed E-state index contributed by atoms with van der Waals surface area (Å²) in [6.45, 7) is 6.80. The summed E-state index contributed by atoms with van der Waals surface area (Å²) in [4.78, 5) is 0.